The lowest BCUT2D eigenvalue weighted by Crippen LogP contribution is -2.21. The van der Waals surface area contributed by atoms with Gasteiger partial charge in [-0.25, -0.2) is 0 Å². The van der Waals surface area contributed by atoms with Crippen molar-refractivity contribution in [2.45, 2.75) is 39.5 Å². The number of nitrogens with one attached hydrogen (secondary N) is 4. The Morgan fingerprint density at radius 2 is 1.38 bits per heavy atom. The zero-order valence-electron chi connectivity index (χ0n) is 16.9. The van der Waals surface area contributed by atoms with Crippen molar-refractivity contribution in [2.75, 3.05) is 27.8 Å². The smallest absolute Gasteiger partial charge is 0.243 e. The number of amides is 3. The van der Waals surface area contributed by atoms with Crippen LogP contribution in [0.25, 0.3) is 0 Å². The first kappa shape index (κ1) is 21.9. The van der Waals surface area contributed by atoms with Crippen molar-refractivity contribution in [3.05, 3.63) is 48.5 Å². The van der Waals surface area contributed by atoms with Crippen LogP contribution in [0.2, 0.25) is 0 Å². The van der Waals surface area contributed by atoms with Gasteiger partial charge in [0.1, 0.15) is 0 Å². The lowest BCUT2D eigenvalue weighted by Gasteiger charge is -2.10. The van der Waals surface area contributed by atoms with Crippen LogP contribution in [0.4, 0.5) is 22.7 Å². The molecule has 29 heavy (non-hydrogen) atoms. The molecule has 0 atom stereocenters. The van der Waals surface area contributed by atoms with E-state index in [2.05, 4.69) is 28.2 Å². The average molecular weight is 396 g/mol. The van der Waals surface area contributed by atoms with E-state index in [0.29, 0.717) is 23.5 Å². The van der Waals surface area contributed by atoms with Crippen molar-refractivity contribution in [3.8, 4) is 0 Å². The van der Waals surface area contributed by atoms with Crippen LogP contribution in [-0.2, 0) is 14.4 Å². The van der Waals surface area contributed by atoms with Gasteiger partial charge in [0, 0.05) is 36.1 Å². The Hall–Kier alpha value is -3.35. The van der Waals surface area contributed by atoms with E-state index >= 15 is 0 Å². The fraction of sp³-hybridized carbons (Fsp3) is 0.318. The van der Waals surface area contributed by atoms with Gasteiger partial charge in [-0.2, -0.15) is 0 Å². The highest BCUT2D eigenvalue weighted by Gasteiger charge is 2.06. The largest absolute Gasteiger partial charge is 0.376 e. The van der Waals surface area contributed by atoms with Gasteiger partial charge in [-0.1, -0.05) is 25.8 Å². The lowest BCUT2D eigenvalue weighted by molar-refractivity contribution is -0.116. The van der Waals surface area contributed by atoms with Crippen molar-refractivity contribution in [3.63, 3.8) is 0 Å². The third-order valence-corrected chi connectivity index (χ3v) is 4.10. The van der Waals surface area contributed by atoms with E-state index in [1.807, 2.05) is 0 Å². The molecule has 7 nitrogen and oxygen atoms in total. The molecule has 154 valence electrons. The molecule has 7 heteroatoms. The van der Waals surface area contributed by atoms with Crippen molar-refractivity contribution in [1.82, 2.24) is 0 Å². The third kappa shape index (κ3) is 8.47. The fourth-order valence-corrected chi connectivity index (χ4v) is 2.70. The number of benzene rings is 2. The van der Waals surface area contributed by atoms with E-state index in [9.17, 15) is 14.4 Å². The molecule has 0 saturated carbocycles. The summed E-state index contributed by atoms with van der Waals surface area (Å²) in [5, 5.41) is 11.4. The summed E-state index contributed by atoms with van der Waals surface area (Å²) in [6.07, 6.45) is 3.47. The molecule has 0 bridgehead atoms. The van der Waals surface area contributed by atoms with Crippen LogP contribution in [0, 0.1) is 0 Å². The van der Waals surface area contributed by atoms with Gasteiger partial charge in [0.15, 0.2) is 0 Å². The molecule has 2 aromatic carbocycles. The van der Waals surface area contributed by atoms with Crippen molar-refractivity contribution >= 4 is 40.5 Å². The van der Waals surface area contributed by atoms with Crippen LogP contribution in [0.15, 0.2) is 48.5 Å². The minimum absolute atomic E-state index is 0.0219. The van der Waals surface area contributed by atoms with E-state index in [1.54, 1.807) is 48.5 Å². The highest BCUT2D eigenvalue weighted by atomic mass is 16.2. The number of hydrogen-bond donors (Lipinski definition) is 4. The first-order valence-corrected chi connectivity index (χ1v) is 9.77. The van der Waals surface area contributed by atoms with E-state index < -0.39 is 0 Å². The van der Waals surface area contributed by atoms with E-state index in [4.69, 9.17) is 0 Å². The van der Waals surface area contributed by atoms with Crippen LogP contribution in [0.1, 0.15) is 39.5 Å². The SMILES string of the molecule is CCCCCC(=O)Nc1cccc(NC(=O)CNc2ccc(NC(C)=O)cc2)c1. The number of carbonyl (C=O) groups is 3. The summed E-state index contributed by atoms with van der Waals surface area (Å²) in [7, 11) is 0. The topological polar surface area (TPSA) is 99.3 Å². The summed E-state index contributed by atoms with van der Waals surface area (Å²) in [5.74, 6) is -0.363. The van der Waals surface area contributed by atoms with Crippen molar-refractivity contribution < 1.29 is 14.4 Å². The Labute approximate surface area is 171 Å². The van der Waals surface area contributed by atoms with Gasteiger partial charge < -0.3 is 21.3 Å². The standard InChI is InChI=1S/C22H28N4O3/c1-3-4-5-9-21(28)25-19-7-6-8-20(14-19)26-22(29)15-23-17-10-12-18(13-11-17)24-16(2)27/h6-8,10-14,23H,3-5,9,15H2,1-2H3,(H,24,27)(H,25,28)(H,26,29). The van der Waals surface area contributed by atoms with Crippen LogP contribution in [0.3, 0.4) is 0 Å². The fourth-order valence-electron chi connectivity index (χ4n) is 2.70. The van der Waals surface area contributed by atoms with Gasteiger partial charge >= 0.3 is 0 Å². The maximum absolute atomic E-state index is 12.2. The molecule has 0 heterocycles. The molecule has 0 saturated heterocycles. The summed E-state index contributed by atoms with van der Waals surface area (Å²) < 4.78 is 0. The molecule has 2 rings (SSSR count). The summed E-state index contributed by atoms with van der Waals surface area (Å²) in [6, 6.07) is 14.2. The zero-order valence-corrected chi connectivity index (χ0v) is 16.9. The Morgan fingerprint density at radius 3 is 2.00 bits per heavy atom. The predicted octanol–water partition coefficient (Wildman–Crippen LogP) is 4.21. The maximum Gasteiger partial charge on any atom is 0.243 e. The molecule has 0 spiro atoms. The monoisotopic (exact) mass is 396 g/mol. The molecule has 0 radical (unpaired) electrons. The van der Waals surface area contributed by atoms with E-state index in [1.165, 1.54) is 6.92 Å². The molecule has 0 aliphatic rings. The average Bonchev–Trinajstić information content (AvgIpc) is 2.67. The highest BCUT2D eigenvalue weighted by Crippen LogP contribution is 2.16. The van der Waals surface area contributed by atoms with Gasteiger partial charge in [0.2, 0.25) is 17.7 Å². The molecule has 0 unspecified atom stereocenters. The second-order valence-electron chi connectivity index (χ2n) is 6.75. The number of carbonyl (C=O) groups excluding carboxylic acids is 3. The van der Waals surface area contributed by atoms with Gasteiger partial charge in [0.25, 0.3) is 0 Å². The Bertz CT molecular complexity index is 834. The number of anilines is 4. The zero-order chi connectivity index (χ0) is 21.1. The minimum Gasteiger partial charge on any atom is -0.376 e. The van der Waals surface area contributed by atoms with Crippen molar-refractivity contribution in [2.24, 2.45) is 0 Å². The third-order valence-electron chi connectivity index (χ3n) is 4.10. The van der Waals surface area contributed by atoms with Gasteiger partial charge in [-0.15, -0.1) is 0 Å². The normalized spacial score (nSPS) is 10.1. The van der Waals surface area contributed by atoms with Crippen LogP contribution in [0.5, 0.6) is 0 Å². The summed E-state index contributed by atoms with van der Waals surface area (Å²) in [5.41, 5.74) is 2.73. The summed E-state index contributed by atoms with van der Waals surface area (Å²) in [6.45, 7) is 3.64. The van der Waals surface area contributed by atoms with E-state index in [0.717, 1.165) is 24.9 Å². The first-order chi connectivity index (χ1) is 14.0. The van der Waals surface area contributed by atoms with Gasteiger partial charge in [-0.3, -0.25) is 14.4 Å². The molecule has 0 aliphatic carbocycles. The summed E-state index contributed by atoms with van der Waals surface area (Å²) in [4.78, 5) is 35.1. The molecular weight excluding hydrogens is 368 g/mol. The first-order valence-electron chi connectivity index (χ1n) is 9.77. The Morgan fingerprint density at radius 1 is 0.759 bits per heavy atom. The highest BCUT2D eigenvalue weighted by molar-refractivity contribution is 5.95. The molecule has 0 fully saturated rings. The number of hydrogen-bond acceptors (Lipinski definition) is 4. The van der Waals surface area contributed by atoms with Gasteiger partial charge in [-0.05, 0) is 48.9 Å². The molecule has 2 aromatic rings. The molecule has 4 N–H and O–H groups in total. The van der Waals surface area contributed by atoms with E-state index in [-0.39, 0.29) is 24.3 Å². The number of unbranched alkanes of at least 4 members (excludes halogenated alkanes) is 2. The number of rotatable bonds is 10. The molecule has 0 aromatic heterocycles. The maximum atomic E-state index is 12.2. The van der Waals surface area contributed by atoms with Crippen LogP contribution in [-0.4, -0.2) is 24.3 Å². The quantitative estimate of drug-likeness (QED) is 0.452. The summed E-state index contributed by atoms with van der Waals surface area (Å²) >= 11 is 0. The second kappa shape index (κ2) is 11.5. The van der Waals surface area contributed by atoms with Gasteiger partial charge in [0.05, 0.1) is 6.54 Å². The van der Waals surface area contributed by atoms with Crippen LogP contribution < -0.4 is 21.3 Å². The lowest BCUT2D eigenvalue weighted by atomic mass is 10.2. The van der Waals surface area contributed by atoms with Crippen molar-refractivity contribution in [1.29, 1.82) is 0 Å². The molecule has 3 amide bonds. The minimum atomic E-state index is -0.206. The van der Waals surface area contributed by atoms with Crippen LogP contribution >= 0.6 is 0 Å². The Balaban J connectivity index is 1.81. The Kier molecular flexibility index (Phi) is 8.69. The second-order valence-corrected chi connectivity index (χ2v) is 6.75. The predicted molar refractivity (Wildman–Crippen MR) is 117 cm³/mol. The molecule has 0 aliphatic heterocycles. The molecular formula is C22H28N4O3.